The molecule has 0 saturated heterocycles. The van der Waals surface area contributed by atoms with Crippen molar-refractivity contribution in [1.82, 2.24) is 14.9 Å². The van der Waals surface area contributed by atoms with E-state index in [0.717, 1.165) is 24.0 Å². The summed E-state index contributed by atoms with van der Waals surface area (Å²) >= 11 is 12.1. The third-order valence-corrected chi connectivity index (χ3v) is 4.64. The summed E-state index contributed by atoms with van der Waals surface area (Å²) in [6, 6.07) is 8.26. The Hall–Kier alpha value is -1.97. The Morgan fingerprint density at radius 1 is 1.20 bits per heavy atom. The van der Waals surface area contributed by atoms with Crippen molar-refractivity contribution in [3.63, 3.8) is 0 Å². The molecule has 3 heterocycles. The largest absolute Gasteiger partial charge is 0.370 e. The van der Waals surface area contributed by atoms with E-state index >= 15 is 0 Å². The van der Waals surface area contributed by atoms with Crippen LogP contribution in [0.4, 0.5) is 0 Å². The van der Waals surface area contributed by atoms with Crippen LogP contribution < -0.4 is 5.32 Å². The number of hydrogen-bond acceptors (Lipinski definition) is 2. The average Bonchev–Trinajstić information content (AvgIpc) is 2.91. The highest BCUT2D eigenvalue weighted by atomic mass is 35.5. The van der Waals surface area contributed by atoms with Gasteiger partial charge in [-0.3, -0.25) is 4.98 Å². The number of aryl methyl sites for hydroxylation is 1. The molecular weight excluding hydrogens is 353 g/mol. The molecule has 2 aromatic heterocycles. The van der Waals surface area contributed by atoms with Gasteiger partial charge in [-0.2, -0.15) is 0 Å². The number of hydrogen-bond donors (Lipinski definition) is 1. The van der Waals surface area contributed by atoms with Crippen LogP contribution in [-0.4, -0.2) is 9.55 Å². The highest BCUT2D eigenvalue weighted by Crippen LogP contribution is 2.26. The number of nitrogens with zero attached hydrogens (tertiary/aromatic N) is 2. The predicted molar refractivity (Wildman–Crippen MR) is 107 cm³/mol. The molecule has 0 fully saturated rings. The molecule has 0 bridgehead atoms. The highest BCUT2D eigenvalue weighted by Gasteiger charge is 2.16. The van der Waals surface area contributed by atoms with E-state index in [4.69, 9.17) is 23.2 Å². The molecule has 1 aromatic carbocycles. The van der Waals surface area contributed by atoms with Crippen molar-refractivity contribution in [1.29, 1.82) is 0 Å². The average molecular weight is 374 g/mol. The molecule has 4 rings (SSSR count). The van der Waals surface area contributed by atoms with Gasteiger partial charge in [-0.1, -0.05) is 43.1 Å². The summed E-state index contributed by atoms with van der Waals surface area (Å²) in [5.41, 5.74) is 5.90. The number of pyridine rings is 1. The van der Waals surface area contributed by atoms with Crippen molar-refractivity contribution in [3.8, 4) is 0 Å². The SMILES string of the molecule is CC.Cc1cn(Cc2ccc3ncc(Cl)cc3c2)c2c1C=C(Cl)NC2. The Labute approximate surface area is 158 Å². The van der Waals surface area contributed by atoms with Crippen molar-refractivity contribution in [2.45, 2.75) is 33.9 Å². The lowest BCUT2D eigenvalue weighted by Crippen LogP contribution is -2.17. The minimum Gasteiger partial charge on any atom is -0.370 e. The predicted octanol–water partition coefficient (Wildman–Crippen LogP) is 5.71. The molecule has 25 heavy (non-hydrogen) atoms. The van der Waals surface area contributed by atoms with Crippen LogP contribution in [0.5, 0.6) is 0 Å². The Morgan fingerprint density at radius 3 is 2.80 bits per heavy atom. The van der Waals surface area contributed by atoms with Gasteiger partial charge in [-0.05, 0) is 42.3 Å². The first-order chi connectivity index (χ1) is 12.1. The fourth-order valence-electron chi connectivity index (χ4n) is 3.09. The Kier molecular flexibility index (Phi) is 5.36. The van der Waals surface area contributed by atoms with Gasteiger partial charge in [0.1, 0.15) is 5.16 Å². The fraction of sp³-hybridized carbons (Fsp3) is 0.250. The summed E-state index contributed by atoms with van der Waals surface area (Å²) in [5.74, 6) is 0. The molecule has 5 heteroatoms. The smallest absolute Gasteiger partial charge is 0.103 e. The molecule has 3 aromatic rings. The Bertz CT molecular complexity index is 942. The standard InChI is InChI=1S/C18H15Cl2N3.C2H6/c1-11-9-23(17-8-22-18(20)6-15(11)17)10-12-2-3-16-13(4-12)5-14(19)7-21-16;1-2/h2-7,9,22H,8,10H2,1H3;1-2H3. The zero-order valence-electron chi connectivity index (χ0n) is 14.6. The molecule has 130 valence electrons. The van der Waals surface area contributed by atoms with Crippen LogP contribution in [0.3, 0.4) is 0 Å². The fourth-order valence-corrected chi connectivity index (χ4v) is 3.44. The van der Waals surface area contributed by atoms with Gasteiger partial charge < -0.3 is 9.88 Å². The molecule has 1 N–H and O–H groups in total. The van der Waals surface area contributed by atoms with Crippen LogP contribution in [0.1, 0.15) is 36.2 Å². The van der Waals surface area contributed by atoms with E-state index in [1.165, 1.54) is 22.4 Å². The van der Waals surface area contributed by atoms with Gasteiger partial charge in [0.15, 0.2) is 0 Å². The van der Waals surface area contributed by atoms with E-state index < -0.39 is 0 Å². The maximum absolute atomic E-state index is 6.09. The molecule has 0 saturated carbocycles. The summed E-state index contributed by atoms with van der Waals surface area (Å²) in [6.45, 7) is 7.68. The number of rotatable bonds is 2. The molecule has 0 unspecified atom stereocenters. The van der Waals surface area contributed by atoms with Gasteiger partial charge in [0.2, 0.25) is 0 Å². The summed E-state index contributed by atoms with van der Waals surface area (Å²) < 4.78 is 2.27. The van der Waals surface area contributed by atoms with Gasteiger partial charge in [-0.25, -0.2) is 0 Å². The van der Waals surface area contributed by atoms with E-state index in [1.807, 2.05) is 32.1 Å². The zero-order chi connectivity index (χ0) is 18.0. The normalized spacial score (nSPS) is 12.8. The van der Waals surface area contributed by atoms with Crippen LogP contribution in [0, 0.1) is 6.92 Å². The van der Waals surface area contributed by atoms with Crippen LogP contribution in [0.25, 0.3) is 17.0 Å². The van der Waals surface area contributed by atoms with Crippen LogP contribution >= 0.6 is 23.2 Å². The number of benzene rings is 1. The molecule has 3 nitrogen and oxygen atoms in total. The van der Waals surface area contributed by atoms with Crippen LogP contribution in [0.15, 0.2) is 41.8 Å². The third kappa shape index (κ3) is 3.68. The highest BCUT2D eigenvalue weighted by molar-refractivity contribution is 6.31. The second-order valence-electron chi connectivity index (χ2n) is 5.83. The first kappa shape index (κ1) is 17.8. The molecule has 1 aliphatic heterocycles. The summed E-state index contributed by atoms with van der Waals surface area (Å²) in [7, 11) is 0. The van der Waals surface area contributed by atoms with Gasteiger partial charge in [0.05, 0.1) is 17.1 Å². The van der Waals surface area contributed by atoms with Crippen molar-refractivity contribution < 1.29 is 0 Å². The van der Waals surface area contributed by atoms with Gasteiger partial charge in [-0.15, -0.1) is 0 Å². The van der Waals surface area contributed by atoms with Crippen molar-refractivity contribution in [2.24, 2.45) is 0 Å². The minimum atomic E-state index is 0.660. The third-order valence-electron chi connectivity index (χ3n) is 4.19. The topological polar surface area (TPSA) is 29.9 Å². The Morgan fingerprint density at radius 2 is 2.00 bits per heavy atom. The second-order valence-corrected chi connectivity index (χ2v) is 6.67. The molecule has 0 atom stereocenters. The summed E-state index contributed by atoms with van der Waals surface area (Å²) in [4.78, 5) is 4.34. The molecule has 0 radical (unpaired) electrons. The van der Waals surface area contributed by atoms with E-state index in [0.29, 0.717) is 10.2 Å². The van der Waals surface area contributed by atoms with E-state index in [-0.39, 0.29) is 0 Å². The first-order valence-corrected chi connectivity index (χ1v) is 9.19. The quantitative estimate of drug-likeness (QED) is 0.582. The molecule has 1 aliphatic rings. The van der Waals surface area contributed by atoms with Crippen LogP contribution in [-0.2, 0) is 13.1 Å². The molecule has 0 amide bonds. The minimum absolute atomic E-state index is 0.660. The van der Waals surface area contributed by atoms with E-state index in [9.17, 15) is 0 Å². The first-order valence-electron chi connectivity index (χ1n) is 8.44. The van der Waals surface area contributed by atoms with Gasteiger partial charge in [0.25, 0.3) is 0 Å². The molecular formula is C20H21Cl2N3. The lowest BCUT2D eigenvalue weighted by molar-refractivity contribution is 0.700. The number of fused-ring (bicyclic) bond motifs is 2. The summed E-state index contributed by atoms with van der Waals surface area (Å²) in [6.07, 6.45) is 5.85. The zero-order valence-corrected chi connectivity index (χ0v) is 16.1. The molecule has 0 aliphatic carbocycles. The Balaban J connectivity index is 0.000000880. The second kappa shape index (κ2) is 7.51. The molecule has 0 spiro atoms. The maximum Gasteiger partial charge on any atom is 0.103 e. The van der Waals surface area contributed by atoms with Crippen molar-refractivity contribution >= 4 is 40.2 Å². The lowest BCUT2D eigenvalue weighted by atomic mass is 10.1. The van der Waals surface area contributed by atoms with Crippen molar-refractivity contribution in [3.05, 3.63) is 69.2 Å². The maximum atomic E-state index is 6.09. The van der Waals surface area contributed by atoms with Crippen LogP contribution in [0.2, 0.25) is 5.02 Å². The van der Waals surface area contributed by atoms with Gasteiger partial charge in [0, 0.05) is 35.6 Å². The monoisotopic (exact) mass is 373 g/mol. The lowest BCUT2D eigenvalue weighted by Gasteiger charge is -2.16. The number of aromatic nitrogens is 2. The van der Waals surface area contributed by atoms with Crippen molar-refractivity contribution in [2.75, 3.05) is 0 Å². The number of halogens is 2. The van der Waals surface area contributed by atoms with E-state index in [2.05, 4.69) is 40.1 Å². The van der Waals surface area contributed by atoms with E-state index in [1.54, 1.807) is 6.20 Å². The summed E-state index contributed by atoms with van der Waals surface area (Å²) in [5, 5.41) is 5.62. The number of nitrogens with one attached hydrogen (secondary N) is 1. The van der Waals surface area contributed by atoms with Gasteiger partial charge >= 0.3 is 0 Å².